The number of thiocarbonyl (C=S) groups is 1. The molecular formula is C24H27ClN4OS. The van der Waals surface area contributed by atoms with Crippen molar-refractivity contribution in [1.29, 1.82) is 0 Å². The first-order chi connectivity index (χ1) is 15.0. The van der Waals surface area contributed by atoms with E-state index in [0.29, 0.717) is 6.61 Å². The Hall–Kier alpha value is -2.41. The van der Waals surface area contributed by atoms with Crippen LogP contribution in [0, 0.1) is 13.8 Å². The molecule has 1 N–H and O–H groups in total. The summed E-state index contributed by atoms with van der Waals surface area (Å²) in [6.45, 7) is 5.82. The van der Waals surface area contributed by atoms with E-state index in [1.165, 1.54) is 17.0 Å². The number of ether oxygens (including phenoxy) is 1. The van der Waals surface area contributed by atoms with Crippen molar-refractivity contribution in [3.8, 4) is 5.69 Å². The molecule has 3 aromatic rings. The average Bonchev–Trinajstić information content (AvgIpc) is 3.25. The molecule has 1 aliphatic rings. The zero-order chi connectivity index (χ0) is 22.0. The van der Waals surface area contributed by atoms with E-state index in [9.17, 15) is 0 Å². The summed E-state index contributed by atoms with van der Waals surface area (Å²) >= 11 is 11.9. The molecule has 3 heterocycles. The molecule has 0 saturated carbocycles. The SMILES string of the molecule is COCCCN1C(=S)N[C@H](c2ccccn2)[C@@H]1c1cc(C)n(-c2ccc(Cl)cc2)c1C. The van der Waals surface area contributed by atoms with E-state index in [2.05, 4.69) is 57.9 Å². The van der Waals surface area contributed by atoms with Crippen LogP contribution in [0.3, 0.4) is 0 Å². The number of benzene rings is 1. The maximum Gasteiger partial charge on any atom is 0.170 e. The second-order valence-corrected chi connectivity index (χ2v) is 8.63. The van der Waals surface area contributed by atoms with Crippen molar-refractivity contribution in [3.63, 3.8) is 0 Å². The van der Waals surface area contributed by atoms with Gasteiger partial charge in [0.05, 0.1) is 17.8 Å². The highest BCUT2D eigenvalue weighted by molar-refractivity contribution is 7.80. The van der Waals surface area contributed by atoms with Gasteiger partial charge in [-0.1, -0.05) is 17.7 Å². The van der Waals surface area contributed by atoms with Crippen LogP contribution < -0.4 is 5.32 Å². The molecule has 1 saturated heterocycles. The summed E-state index contributed by atoms with van der Waals surface area (Å²) in [5, 5.41) is 5.02. The van der Waals surface area contributed by atoms with Crippen LogP contribution >= 0.6 is 23.8 Å². The van der Waals surface area contributed by atoms with Crippen molar-refractivity contribution in [2.24, 2.45) is 0 Å². The number of hydrogen-bond acceptors (Lipinski definition) is 3. The third-order valence-corrected chi connectivity index (χ3v) is 6.42. The molecule has 0 spiro atoms. The second kappa shape index (κ2) is 9.39. The minimum absolute atomic E-state index is 0.0181. The number of pyridine rings is 1. The maximum atomic E-state index is 6.11. The lowest BCUT2D eigenvalue weighted by Gasteiger charge is -2.28. The van der Waals surface area contributed by atoms with E-state index in [-0.39, 0.29) is 12.1 Å². The highest BCUT2D eigenvalue weighted by Gasteiger charge is 2.41. The smallest absolute Gasteiger partial charge is 0.170 e. The van der Waals surface area contributed by atoms with Gasteiger partial charge >= 0.3 is 0 Å². The number of aromatic nitrogens is 2. The van der Waals surface area contributed by atoms with Gasteiger partial charge in [0.1, 0.15) is 0 Å². The van der Waals surface area contributed by atoms with Crippen LogP contribution in [0.4, 0.5) is 0 Å². The first kappa shape index (κ1) is 21.8. The minimum atomic E-state index is -0.0181. The van der Waals surface area contributed by atoms with Crippen molar-refractivity contribution in [1.82, 2.24) is 19.8 Å². The molecule has 2 atom stereocenters. The Labute approximate surface area is 194 Å². The minimum Gasteiger partial charge on any atom is -0.385 e. The van der Waals surface area contributed by atoms with Crippen LogP contribution in [-0.4, -0.2) is 39.8 Å². The first-order valence-electron chi connectivity index (χ1n) is 10.4. The fourth-order valence-electron chi connectivity index (χ4n) is 4.44. The number of hydrogen-bond donors (Lipinski definition) is 1. The van der Waals surface area contributed by atoms with Gasteiger partial charge in [-0.15, -0.1) is 0 Å². The Morgan fingerprint density at radius 2 is 1.94 bits per heavy atom. The van der Waals surface area contributed by atoms with Crippen molar-refractivity contribution >= 4 is 28.9 Å². The van der Waals surface area contributed by atoms with Crippen LogP contribution in [0.25, 0.3) is 5.69 Å². The molecule has 0 bridgehead atoms. The number of methoxy groups -OCH3 is 1. The molecule has 31 heavy (non-hydrogen) atoms. The van der Waals surface area contributed by atoms with Crippen molar-refractivity contribution in [2.45, 2.75) is 32.4 Å². The Balaban J connectivity index is 1.78. The lowest BCUT2D eigenvalue weighted by Crippen LogP contribution is -2.31. The number of halogens is 1. The van der Waals surface area contributed by atoms with Crippen LogP contribution in [0.15, 0.2) is 54.7 Å². The van der Waals surface area contributed by atoms with Crippen LogP contribution in [0.1, 0.15) is 41.1 Å². The van der Waals surface area contributed by atoms with E-state index in [1.54, 1.807) is 7.11 Å². The number of nitrogens with zero attached hydrogens (tertiary/aromatic N) is 3. The van der Waals surface area contributed by atoms with Crippen molar-refractivity contribution in [2.75, 3.05) is 20.3 Å². The third kappa shape index (κ3) is 4.33. The molecule has 4 rings (SSSR count). The summed E-state index contributed by atoms with van der Waals surface area (Å²) < 4.78 is 7.56. The first-order valence-corrected chi connectivity index (χ1v) is 11.2. The predicted molar refractivity (Wildman–Crippen MR) is 129 cm³/mol. The number of rotatable bonds is 7. The molecule has 2 aromatic heterocycles. The van der Waals surface area contributed by atoms with Crippen LogP contribution in [0.5, 0.6) is 0 Å². The fourth-order valence-corrected chi connectivity index (χ4v) is 4.90. The Morgan fingerprint density at radius 1 is 1.16 bits per heavy atom. The second-order valence-electron chi connectivity index (χ2n) is 7.80. The Kier molecular flexibility index (Phi) is 6.60. The number of aryl methyl sites for hydroxylation is 1. The molecule has 0 unspecified atom stereocenters. The molecule has 0 amide bonds. The monoisotopic (exact) mass is 454 g/mol. The molecule has 1 fully saturated rings. The lowest BCUT2D eigenvalue weighted by molar-refractivity contribution is 0.180. The highest BCUT2D eigenvalue weighted by Crippen LogP contribution is 2.41. The van der Waals surface area contributed by atoms with Gasteiger partial charge in [-0.05, 0) is 80.5 Å². The van der Waals surface area contributed by atoms with Gasteiger partial charge in [0.2, 0.25) is 0 Å². The largest absolute Gasteiger partial charge is 0.385 e. The van der Waals surface area contributed by atoms with Crippen molar-refractivity contribution in [3.05, 3.63) is 82.4 Å². The summed E-state index contributed by atoms with van der Waals surface area (Å²) in [4.78, 5) is 6.91. The molecule has 1 aliphatic heterocycles. The van der Waals surface area contributed by atoms with E-state index >= 15 is 0 Å². The number of nitrogens with one attached hydrogen (secondary N) is 1. The van der Waals surface area contributed by atoms with Gasteiger partial charge in [0.25, 0.3) is 0 Å². The van der Waals surface area contributed by atoms with Gasteiger partial charge in [-0.25, -0.2) is 0 Å². The van der Waals surface area contributed by atoms with E-state index in [4.69, 9.17) is 28.6 Å². The molecule has 1 aromatic carbocycles. The van der Waals surface area contributed by atoms with Crippen LogP contribution in [0.2, 0.25) is 5.02 Å². The maximum absolute atomic E-state index is 6.11. The summed E-state index contributed by atoms with van der Waals surface area (Å²) in [6, 6.07) is 16.3. The zero-order valence-electron chi connectivity index (χ0n) is 18.0. The molecule has 7 heteroatoms. The van der Waals surface area contributed by atoms with E-state index in [1.807, 2.05) is 30.5 Å². The predicted octanol–water partition coefficient (Wildman–Crippen LogP) is 5.15. The Morgan fingerprint density at radius 3 is 2.61 bits per heavy atom. The van der Waals surface area contributed by atoms with Gasteiger partial charge in [0.15, 0.2) is 5.11 Å². The van der Waals surface area contributed by atoms with Gasteiger partial charge in [-0.3, -0.25) is 4.98 Å². The van der Waals surface area contributed by atoms with Crippen molar-refractivity contribution < 1.29 is 4.74 Å². The molecule has 0 radical (unpaired) electrons. The van der Waals surface area contributed by atoms with Gasteiger partial charge in [-0.2, -0.15) is 0 Å². The summed E-state index contributed by atoms with van der Waals surface area (Å²) in [5.74, 6) is 0. The zero-order valence-corrected chi connectivity index (χ0v) is 19.6. The normalized spacial score (nSPS) is 18.5. The lowest BCUT2D eigenvalue weighted by atomic mass is 9.96. The van der Waals surface area contributed by atoms with Gasteiger partial charge < -0.3 is 19.5 Å². The topological polar surface area (TPSA) is 42.3 Å². The molecule has 5 nitrogen and oxygen atoms in total. The van der Waals surface area contributed by atoms with E-state index in [0.717, 1.165) is 34.5 Å². The molecular weight excluding hydrogens is 428 g/mol. The fraction of sp³-hybridized carbons (Fsp3) is 0.333. The van der Waals surface area contributed by atoms with E-state index < -0.39 is 0 Å². The molecule has 0 aliphatic carbocycles. The van der Waals surface area contributed by atoms with Gasteiger partial charge in [0, 0.05) is 48.6 Å². The summed E-state index contributed by atoms with van der Waals surface area (Å²) in [5.41, 5.74) is 5.69. The third-order valence-electron chi connectivity index (χ3n) is 5.82. The Bertz CT molecular complexity index is 1050. The van der Waals surface area contributed by atoms with Crippen LogP contribution in [-0.2, 0) is 4.74 Å². The average molecular weight is 455 g/mol. The summed E-state index contributed by atoms with van der Waals surface area (Å²) in [7, 11) is 1.73. The standard InChI is InChI=1S/C24H27ClN4OS/c1-16-15-20(17(2)29(16)19-10-8-18(25)9-11-19)23-22(21-7-4-5-12-26-21)27-24(31)28(23)13-6-14-30-3/h4-5,7-12,15,22-23H,6,13-14H2,1-3H3,(H,27,31)/t22-,23+/m1/s1. The quantitative estimate of drug-likeness (QED) is 0.395. The summed E-state index contributed by atoms with van der Waals surface area (Å²) in [6.07, 6.45) is 2.74. The molecule has 162 valence electrons. The highest BCUT2D eigenvalue weighted by atomic mass is 35.5.